The van der Waals surface area contributed by atoms with E-state index in [1.807, 2.05) is 12.1 Å². The summed E-state index contributed by atoms with van der Waals surface area (Å²) in [7, 11) is 0. The van der Waals surface area contributed by atoms with E-state index < -0.39 is 0 Å². The number of hydrogen-bond donors (Lipinski definition) is 1. The van der Waals surface area contributed by atoms with Crippen LogP contribution in [0.5, 0.6) is 0 Å². The molecule has 1 aliphatic heterocycles. The van der Waals surface area contributed by atoms with Gasteiger partial charge in [0, 0.05) is 30.2 Å². The second kappa shape index (κ2) is 7.44. The van der Waals surface area contributed by atoms with Crippen LogP contribution in [0.4, 0.5) is 0 Å². The van der Waals surface area contributed by atoms with Crippen molar-refractivity contribution < 1.29 is 0 Å². The van der Waals surface area contributed by atoms with E-state index in [0.717, 1.165) is 18.1 Å². The first-order valence-corrected chi connectivity index (χ1v) is 8.17. The molecule has 2 unspecified atom stereocenters. The molecule has 1 fully saturated rings. The van der Waals surface area contributed by atoms with E-state index in [1.54, 1.807) is 0 Å². The highest BCUT2D eigenvalue weighted by Crippen LogP contribution is 2.24. The van der Waals surface area contributed by atoms with Crippen molar-refractivity contribution in [3.63, 3.8) is 0 Å². The Morgan fingerprint density at radius 1 is 1.25 bits per heavy atom. The zero-order valence-corrected chi connectivity index (χ0v) is 13.7. The SMILES string of the molecule is CC(C)CN(CC1CCCN1)C(C)c1ccc(Cl)cc1. The molecule has 1 N–H and O–H groups in total. The van der Waals surface area contributed by atoms with Gasteiger partial charge in [-0.05, 0) is 49.9 Å². The summed E-state index contributed by atoms with van der Waals surface area (Å²) in [6.07, 6.45) is 2.62. The summed E-state index contributed by atoms with van der Waals surface area (Å²) in [6, 6.07) is 9.40. The molecule has 0 aromatic heterocycles. The number of nitrogens with one attached hydrogen (secondary N) is 1. The predicted molar refractivity (Wildman–Crippen MR) is 87.3 cm³/mol. The molecule has 112 valence electrons. The molecule has 0 bridgehead atoms. The zero-order valence-electron chi connectivity index (χ0n) is 12.9. The molecular weight excluding hydrogens is 268 g/mol. The van der Waals surface area contributed by atoms with Crippen molar-refractivity contribution in [3.8, 4) is 0 Å². The fraction of sp³-hybridized carbons (Fsp3) is 0.647. The number of halogens is 1. The third-order valence-corrected chi connectivity index (χ3v) is 4.37. The third kappa shape index (κ3) is 4.47. The van der Waals surface area contributed by atoms with Crippen molar-refractivity contribution in [1.82, 2.24) is 10.2 Å². The Morgan fingerprint density at radius 2 is 1.95 bits per heavy atom. The van der Waals surface area contributed by atoms with Crippen molar-refractivity contribution in [3.05, 3.63) is 34.9 Å². The molecule has 0 amide bonds. The van der Waals surface area contributed by atoms with Gasteiger partial charge in [0.2, 0.25) is 0 Å². The van der Waals surface area contributed by atoms with Crippen LogP contribution in [0.25, 0.3) is 0 Å². The standard InChI is InChI=1S/C17H27ClN2/c1-13(2)11-20(12-17-5-4-10-19-17)14(3)15-6-8-16(18)9-7-15/h6-9,13-14,17,19H,4-5,10-12H2,1-3H3. The first kappa shape index (κ1) is 15.8. The molecule has 1 aliphatic rings. The van der Waals surface area contributed by atoms with Gasteiger partial charge in [-0.15, -0.1) is 0 Å². The minimum atomic E-state index is 0.442. The second-order valence-electron chi connectivity index (χ2n) is 6.37. The van der Waals surface area contributed by atoms with Gasteiger partial charge in [-0.1, -0.05) is 37.6 Å². The Labute approximate surface area is 128 Å². The Kier molecular flexibility index (Phi) is 5.88. The molecule has 1 aromatic rings. The summed E-state index contributed by atoms with van der Waals surface area (Å²) < 4.78 is 0. The number of hydrogen-bond acceptors (Lipinski definition) is 2. The lowest BCUT2D eigenvalue weighted by molar-refractivity contribution is 0.171. The topological polar surface area (TPSA) is 15.3 Å². The van der Waals surface area contributed by atoms with Crippen LogP contribution in [0, 0.1) is 5.92 Å². The molecule has 1 heterocycles. The van der Waals surface area contributed by atoms with E-state index >= 15 is 0 Å². The van der Waals surface area contributed by atoms with Crippen LogP contribution in [-0.2, 0) is 0 Å². The van der Waals surface area contributed by atoms with Gasteiger partial charge in [-0.25, -0.2) is 0 Å². The summed E-state index contributed by atoms with van der Waals surface area (Å²) in [5.74, 6) is 0.686. The lowest BCUT2D eigenvalue weighted by atomic mass is 10.0. The van der Waals surface area contributed by atoms with Crippen molar-refractivity contribution in [2.75, 3.05) is 19.6 Å². The van der Waals surface area contributed by atoms with Crippen LogP contribution in [-0.4, -0.2) is 30.6 Å². The van der Waals surface area contributed by atoms with Crippen LogP contribution >= 0.6 is 11.6 Å². The first-order chi connectivity index (χ1) is 9.56. The molecule has 2 rings (SSSR count). The van der Waals surface area contributed by atoms with Gasteiger partial charge in [0.05, 0.1) is 0 Å². The van der Waals surface area contributed by atoms with Gasteiger partial charge in [0.1, 0.15) is 0 Å². The molecule has 0 aliphatic carbocycles. The molecule has 2 nitrogen and oxygen atoms in total. The van der Waals surface area contributed by atoms with Gasteiger partial charge >= 0.3 is 0 Å². The minimum absolute atomic E-state index is 0.442. The Balaban J connectivity index is 2.05. The Bertz CT molecular complexity index is 396. The summed E-state index contributed by atoms with van der Waals surface area (Å²) in [5, 5.41) is 4.43. The van der Waals surface area contributed by atoms with Crippen LogP contribution in [0.15, 0.2) is 24.3 Å². The summed E-state index contributed by atoms with van der Waals surface area (Å²) >= 11 is 5.99. The molecular formula is C17H27ClN2. The minimum Gasteiger partial charge on any atom is -0.313 e. The maximum Gasteiger partial charge on any atom is 0.0406 e. The average molecular weight is 295 g/mol. The summed E-state index contributed by atoms with van der Waals surface area (Å²) in [4.78, 5) is 2.61. The van der Waals surface area contributed by atoms with Crippen molar-refractivity contribution in [2.45, 2.75) is 45.7 Å². The van der Waals surface area contributed by atoms with Crippen LogP contribution < -0.4 is 5.32 Å². The van der Waals surface area contributed by atoms with Gasteiger partial charge in [-0.3, -0.25) is 4.90 Å². The number of benzene rings is 1. The molecule has 0 saturated carbocycles. The van der Waals surface area contributed by atoms with Gasteiger partial charge in [0.15, 0.2) is 0 Å². The Morgan fingerprint density at radius 3 is 2.50 bits per heavy atom. The highest BCUT2D eigenvalue weighted by molar-refractivity contribution is 6.30. The normalized spacial score (nSPS) is 20.8. The molecule has 0 radical (unpaired) electrons. The van der Waals surface area contributed by atoms with Crippen molar-refractivity contribution >= 4 is 11.6 Å². The average Bonchev–Trinajstić information content (AvgIpc) is 2.90. The lowest BCUT2D eigenvalue weighted by Crippen LogP contribution is -2.40. The van der Waals surface area contributed by atoms with Crippen LogP contribution in [0.1, 0.15) is 45.2 Å². The van der Waals surface area contributed by atoms with E-state index in [-0.39, 0.29) is 0 Å². The van der Waals surface area contributed by atoms with Crippen LogP contribution in [0.2, 0.25) is 5.02 Å². The van der Waals surface area contributed by atoms with Gasteiger partial charge in [-0.2, -0.15) is 0 Å². The van der Waals surface area contributed by atoms with Crippen molar-refractivity contribution in [2.24, 2.45) is 5.92 Å². The van der Waals surface area contributed by atoms with E-state index in [1.165, 1.54) is 24.9 Å². The van der Waals surface area contributed by atoms with Gasteiger partial charge < -0.3 is 5.32 Å². The molecule has 1 saturated heterocycles. The summed E-state index contributed by atoms with van der Waals surface area (Å²) in [5.41, 5.74) is 1.35. The third-order valence-electron chi connectivity index (χ3n) is 4.12. The maximum atomic E-state index is 5.99. The fourth-order valence-electron chi connectivity index (χ4n) is 3.01. The quantitative estimate of drug-likeness (QED) is 0.849. The van der Waals surface area contributed by atoms with E-state index in [4.69, 9.17) is 11.6 Å². The molecule has 2 atom stereocenters. The molecule has 0 spiro atoms. The number of rotatable bonds is 6. The smallest absolute Gasteiger partial charge is 0.0406 e. The van der Waals surface area contributed by atoms with E-state index in [9.17, 15) is 0 Å². The first-order valence-electron chi connectivity index (χ1n) is 7.79. The number of nitrogens with zero attached hydrogens (tertiary/aromatic N) is 1. The van der Waals surface area contributed by atoms with Gasteiger partial charge in [0.25, 0.3) is 0 Å². The molecule has 3 heteroatoms. The largest absolute Gasteiger partial charge is 0.313 e. The van der Waals surface area contributed by atoms with E-state index in [0.29, 0.717) is 18.0 Å². The fourth-order valence-corrected chi connectivity index (χ4v) is 3.13. The van der Waals surface area contributed by atoms with Crippen molar-refractivity contribution in [1.29, 1.82) is 0 Å². The zero-order chi connectivity index (χ0) is 14.5. The van der Waals surface area contributed by atoms with Crippen LogP contribution in [0.3, 0.4) is 0 Å². The van der Waals surface area contributed by atoms with E-state index in [2.05, 4.69) is 43.1 Å². The molecule has 1 aromatic carbocycles. The predicted octanol–water partition coefficient (Wildman–Crippen LogP) is 4.11. The second-order valence-corrected chi connectivity index (χ2v) is 6.80. The Hall–Kier alpha value is -0.570. The maximum absolute atomic E-state index is 5.99. The highest BCUT2D eigenvalue weighted by atomic mass is 35.5. The lowest BCUT2D eigenvalue weighted by Gasteiger charge is -2.33. The monoisotopic (exact) mass is 294 g/mol. The summed E-state index contributed by atoms with van der Waals surface area (Å²) in [6.45, 7) is 10.4. The highest BCUT2D eigenvalue weighted by Gasteiger charge is 2.22. The molecule has 20 heavy (non-hydrogen) atoms.